The molecule has 0 atom stereocenters. The Kier molecular flexibility index (Phi) is 5.36. The number of nitrogens with one attached hydrogen (secondary N) is 2. The summed E-state index contributed by atoms with van der Waals surface area (Å²) in [4.78, 5) is 24.2. The highest BCUT2D eigenvalue weighted by atomic mass is 35.5. The smallest absolute Gasteiger partial charge is 0.267 e. The molecule has 2 aromatic carbocycles. The summed E-state index contributed by atoms with van der Waals surface area (Å²) in [6.45, 7) is 0. The first-order chi connectivity index (χ1) is 13.3. The second-order valence-electron chi connectivity index (χ2n) is 5.57. The Hall–Kier alpha value is -3.33. The van der Waals surface area contributed by atoms with Crippen LogP contribution in [-0.2, 0) is 6.18 Å². The molecule has 3 rings (SSSR count). The molecule has 0 aliphatic heterocycles. The van der Waals surface area contributed by atoms with E-state index in [1.807, 2.05) is 5.43 Å². The molecule has 0 spiro atoms. The molecule has 0 saturated carbocycles. The average Bonchev–Trinajstić information content (AvgIpc) is 3.12. The van der Waals surface area contributed by atoms with E-state index < -0.39 is 29.2 Å². The first-order valence-corrected chi connectivity index (χ1v) is 8.22. The van der Waals surface area contributed by atoms with Gasteiger partial charge in [0.15, 0.2) is 5.69 Å². The third kappa shape index (κ3) is 4.15. The summed E-state index contributed by atoms with van der Waals surface area (Å²) in [6, 6.07) is 13.5. The first-order valence-electron chi connectivity index (χ1n) is 7.84. The zero-order valence-corrected chi connectivity index (χ0v) is 14.8. The molecule has 1 aromatic heterocycles. The molecule has 144 valence electrons. The first kappa shape index (κ1) is 19.4. The molecule has 28 heavy (non-hydrogen) atoms. The number of carbonyl (C=O) groups is 2. The Labute approximate surface area is 161 Å². The van der Waals surface area contributed by atoms with Crippen LogP contribution in [0.15, 0.2) is 60.8 Å². The highest BCUT2D eigenvalue weighted by Gasteiger charge is 2.40. The zero-order chi connectivity index (χ0) is 20.3. The van der Waals surface area contributed by atoms with Gasteiger partial charge in [0.2, 0.25) is 0 Å². The van der Waals surface area contributed by atoms with Crippen LogP contribution in [0.5, 0.6) is 0 Å². The van der Waals surface area contributed by atoms with E-state index in [1.165, 1.54) is 36.4 Å². The largest absolute Gasteiger partial charge is 0.434 e. The number of benzene rings is 2. The van der Waals surface area contributed by atoms with Gasteiger partial charge in [0.1, 0.15) is 0 Å². The summed E-state index contributed by atoms with van der Waals surface area (Å²) >= 11 is 5.82. The minimum absolute atomic E-state index is 0.0344. The van der Waals surface area contributed by atoms with Crippen molar-refractivity contribution in [2.75, 3.05) is 0 Å². The van der Waals surface area contributed by atoms with Gasteiger partial charge >= 0.3 is 6.18 Å². The summed E-state index contributed by atoms with van der Waals surface area (Å²) in [5, 5.41) is 3.88. The zero-order valence-electron chi connectivity index (χ0n) is 14.0. The summed E-state index contributed by atoms with van der Waals surface area (Å²) in [7, 11) is 0. The summed E-state index contributed by atoms with van der Waals surface area (Å²) in [6.07, 6.45) is -4.11. The number of carbonyl (C=O) groups excluding carboxylic acids is 2. The maximum absolute atomic E-state index is 13.6. The molecule has 0 fully saturated rings. The molecule has 2 amide bonds. The van der Waals surface area contributed by atoms with Gasteiger partial charge in [-0.1, -0.05) is 35.9 Å². The molecule has 10 heteroatoms. The second kappa shape index (κ2) is 7.73. The van der Waals surface area contributed by atoms with Crippen molar-refractivity contribution in [2.24, 2.45) is 0 Å². The van der Waals surface area contributed by atoms with E-state index in [2.05, 4.69) is 10.5 Å². The number of hydrogen-bond acceptors (Lipinski definition) is 3. The minimum Gasteiger partial charge on any atom is -0.267 e. The molecular formula is C18H12ClF3N4O2. The lowest BCUT2D eigenvalue weighted by Crippen LogP contribution is -2.42. The quantitative estimate of drug-likeness (QED) is 0.650. The van der Waals surface area contributed by atoms with Gasteiger partial charge in [-0.15, -0.1) is 0 Å². The van der Waals surface area contributed by atoms with E-state index >= 15 is 0 Å². The summed E-state index contributed by atoms with van der Waals surface area (Å²) in [5.74, 6) is -1.84. The van der Waals surface area contributed by atoms with Crippen LogP contribution in [0.3, 0.4) is 0 Å². The van der Waals surface area contributed by atoms with E-state index in [9.17, 15) is 22.8 Å². The van der Waals surface area contributed by atoms with Gasteiger partial charge in [0.25, 0.3) is 11.8 Å². The Morgan fingerprint density at radius 3 is 2.29 bits per heavy atom. The Morgan fingerprint density at radius 2 is 1.64 bits per heavy atom. The van der Waals surface area contributed by atoms with Crippen molar-refractivity contribution in [1.29, 1.82) is 0 Å². The molecule has 0 bridgehead atoms. The van der Waals surface area contributed by atoms with E-state index in [0.717, 1.165) is 6.20 Å². The standard InChI is InChI=1S/C18H12ClF3N4O2/c19-12-7-4-8-13(9-12)26-15(18(20,21)22)14(10-23-26)17(28)25-24-16(27)11-5-2-1-3-6-11/h1-10H,(H,24,27)(H,25,28). The van der Waals surface area contributed by atoms with Gasteiger partial charge in [-0.05, 0) is 30.3 Å². The van der Waals surface area contributed by atoms with Gasteiger partial charge in [-0.3, -0.25) is 20.4 Å². The Bertz CT molecular complexity index is 1020. The Balaban J connectivity index is 1.87. The lowest BCUT2D eigenvalue weighted by Gasteiger charge is -2.13. The monoisotopic (exact) mass is 408 g/mol. The summed E-state index contributed by atoms with van der Waals surface area (Å²) < 4.78 is 41.3. The normalized spacial score (nSPS) is 11.1. The van der Waals surface area contributed by atoms with Gasteiger partial charge < -0.3 is 0 Å². The highest BCUT2D eigenvalue weighted by Crippen LogP contribution is 2.34. The number of hydrazine groups is 1. The fraction of sp³-hybridized carbons (Fsp3) is 0.0556. The van der Waals surface area contributed by atoms with Crippen LogP contribution in [0, 0.1) is 0 Å². The van der Waals surface area contributed by atoms with E-state index in [1.54, 1.807) is 18.2 Å². The molecule has 0 aliphatic carbocycles. The maximum atomic E-state index is 13.6. The van der Waals surface area contributed by atoms with Gasteiger partial charge in [0.05, 0.1) is 17.4 Å². The molecule has 2 N–H and O–H groups in total. The lowest BCUT2D eigenvalue weighted by atomic mass is 10.2. The summed E-state index contributed by atoms with van der Waals surface area (Å²) in [5.41, 5.74) is 2.26. The molecule has 3 aromatic rings. The van der Waals surface area contributed by atoms with Crippen LogP contribution in [0.4, 0.5) is 13.2 Å². The van der Waals surface area contributed by atoms with Crippen LogP contribution in [-0.4, -0.2) is 21.6 Å². The van der Waals surface area contributed by atoms with Gasteiger partial charge in [-0.25, -0.2) is 4.68 Å². The molecule has 0 unspecified atom stereocenters. The molecule has 0 radical (unpaired) electrons. The lowest BCUT2D eigenvalue weighted by molar-refractivity contribution is -0.143. The molecular weight excluding hydrogens is 397 g/mol. The van der Waals surface area contributed by atoms with Crippen molar-refractivity contribution in [1.82, 2.24) is 20.6 Å². The number of rotatable bonds is 3. The number of nitrogens with zero attached hydrogens (tertiary/aromatic N) is 2. The fourth-order valence-corrected chi connectivity index (χ4v) is 2.62. The number of hydrogen-bond donors (Lipinski definition) is 2. The van der Waals surface area contributed by atoms with Crippen molar-refractivity contribution in [3.8, 4) is 5.69 Å². The SMILES string of the molecule is O=C(NNC(=O)c1cnn(-c2cccc(Cl)c2)c1C(F)(F)F)c1ccccc1. The Morgan fingerprint density at radius 1 is 0.964 bits per heavy atom. The molecule has 0 saturated heterocycles. The van der Waals surface area contributed by atoms with Gasteiger partial charge in [-0.2, -0.15) is 18.3 Å². The molecule has 0 aliphatic rings. The highest BCUT2D eigenvalue weighted by molar-refractivity contribution is 6.30. The van der Waals surface area contributed by atoms with Crippen LogP contribution in [0.2, 0.25) is 5.02 Å². The second-order valence-corrected chi connectivity index (χ2v) is 6.01. The van der Waals surface area contributed by atoms with Crippen molar-refractivity contribution in [2.45, 2.75) is 6.18 Å². The van der Waals surface area contributed by atoms with Crippen LogP contribution < -0.4 is 10.9 Å². The van der Waals surface area contributed by atoms with Crippen molar-refractivity contribution in [3.05, 3.63) is 82.6 Å². The maximum Gasteiger partial charge on any atom is 0.434 e. The number of aromatic nitrogens is 2. The molecule has 1 heterocycles. The van der Waals surface area contributed by atoms with Gasteiger partial charge in [0, 0.05) is 10.6 Å². The van der Waals surface area contributed by atoms with E-state index in [0.29, 0.717) is 4.68 Å². The predicted octanol–water partition coefficient (Wildman–Crippen LogP) is 3.62. The predicted molar refractivity (Wildman–Crippen MR) is 95.0 cm³/mol. The van der Waals surface area contributed by atoms with E-state index in [4.69, 9.17) is 11.6 Å². The van der Waals surface area contributed by atoms with Crippen LogP contribution >= 0.6 is 11.6 Å². The minimum atomic E-state index is -4.88. The topological polar surface area (TPSA) is 76.0 Å². The number of halogens is 4. The number of amides is 2. The van der Waals surface area contributed by atoms with Crippen molar-refractivity contribution >= 4 is 23.4 Å². The average molecular weight is 409 g/mol. The van der Waals surface area contributed by atoms with E-state index in [-0.39, 0.29) is 16.3 Å². The third-order valence-electron chi connectivity index (χ3n) is 3.66. The van der Waals surface area contributed by atoms with Crippen molar-refractivity contribution < 1.29 is 22.8 Å². The molecule has 6 nitrogen and oxygen atoms in total. The fourth-order valence-electron chi connectivity index (χ4n) is 2.43. The third-order valence-corrected chi connectivity index (χ3v) is 3.90. The van der Waals surface area contributed by atoms with Crippen LogP contribution in [0.25, 0.3) is 5.69 Å². The van der Waals surface area contributed by atoms with Crippen molar-refractivity contribution in [3.63, 3.8) is 0 Å². The van der Waals surface area contributed by atoms with Crippen LogP contribution in [0.1, 0.15) is 26.4 Å². The number of alkyl halides is 3.